The van der Waals surface area contributed by atoms with E-state index < -0.39 is 0 Å². The van der Waals surface area contributed by atoms with Crippen LogP contribution in [0.3, 0.4) is 0 Å². The van der Waals surface area contributed by atoms with E-state index in [4.69, 9.17) is 0 Å². The van der Waals surface area contributed by atoms with E-state index in [1.54, 1.807) is 0 Å². The number of hydrogen-bond donors (Lipinski definition) is 0. The van der Waals surface area contributed by atoms with Crippen molar-refractivity contribution in [2.45, 2.75) is 52.0 Å². The Balaban J connectivity index is 1.92. The highest BCUT2D eigenvalue weighted by Crippen LogP contribution is 2.26. The van der Waals surface area contributed by atoms with E-state index in [1.807, 2.05) is 37.3 Å². The summed E-state index contributed by atoms with van der Waals surface area (Å²) in [6, 6.07) is 9.98. The third kappa shape index (κ3) is 3.86. The summed E-state index contributed by atoms with van der Waals surface area (Å²) in [5.41, 5.74) is 2.08. The van der Waals surface area contributed by atoms with E-state index in [1.165, 1.54) is 36.8 Å². The standard InChI is InChI=1S/C16H23NO/c1-14(12-15-8-4-2-5-9-15)17(18)13-16-10-6-3-7-11-16/h3,6-7,10-11,15H,2,4-5,8-9,12-13H2,1H3/b17-14-. The Bertz CT molecular complexity index is 391. The molecule has 0 spiro atoms. The first kappa shape index (κ1) is 13.1. The van der Waals surface area contributed by atoms with Gasteiger partial charge in [0.25, 0.3) is 0 Å². The quantitative estimate of drug-likeness (QED) is 0.339. The van der Waals surface area contributed by atoms with Crippen molar-refractivity contribution in [1.82, 2.24) is 0 Å². The van der Waals surface area contributed by atoms with Crippen molar-refractivity contribution in [3.8, 4) is 0 Å². The first-order valence-electron chi connectivity index (χ1n) is 7.06. The molecule has 0 amide bonds. The summed E-state index contributed by atoms with van der Waals surface area (Å²) in [5, 5.41) is 12.1. The maximum atomic E-state index is 12.1. The van der Waals surface area contributed by atoms with Crippen LogP contribution in [0.25, 0.3) is 0 Å². The Labute approximate surface area is 110 Å². The molecule has 1 aliphatic carbocycles. The minimum atomic E-state index is 0.486. The highest BCUT2D eigenvalue weighted by Gasteiger charge is 2.17. The number of benzene rings is 1. The average molecular weight is 245 g/mol. The van der Waals surface area contributed by atoms with Crippen LogP contribution in [0.5, 0.6) is 0 Å². The smallest absolute Gasteiger partial charge is 0.178 e. The topological polar surface area (TPSA) is 26.1 Å². The van der Waals surface area contributed by atoms with Crippen molar-refractivity contribution >= 4 is 5.71 Å². The van der Waals surface area contributed by atoms with Gasteiger partial charge < -0.3 is 5.21 Å². The molecule has 0 saturated heterocycles. The lowest BCUT2D eigenvalue weighted by Crippen LogP contribution is -2.18. The predicted molar refractivity (Wildman–Crippen MR) is 75.6 cm³/mol. The van der Waals surface area contributed by atoms with Crippen molar-refractivity contribution in [2.75, 3.05) is 0 Å². The lowest BCUT2D eigenvalue weighted by molar-refractivity contribution is -0.476. The summed E-state index contributed by atoms with van der Waals surface area (Å²) in [6.45, 7) is 2.48. The summed E-state index contributed by atoms with van der Waals surface area (Å²) in [6.07, 6.45) is 7.65. The Hall–Kier alpha value is -1.31. The van der Waals surface area contributed by atoms with Crippen LogP contribution in [0.15, 0.2) is 30.3 Å². The molecular formula is C16H23NO. The van der Waals surface area contributed by atoms with E-state index >= 15 is 0 Å². The second-order valence-electron chi connectivity index (χ2n) is 5.47. The lowest BCUT2D eigenvalue weighted by Gasteiger charge is -2.21. The molecule has 0 heterocycles. The minimum absolute atomic E-state index is 0.486. The first-order chi connectivity index (χ1) is 8.75. The third-order valence-electron chi connectivity index (χ3n) is 3.90. The van der Waals surface area contributed by atoms with E-state index in [0.29, 0.717) is 6.54 Å². The second-order valence-corrected chi connectivity index (χ2v) is 5.47. The molecule has 1 aliphatic rings. The highest BCUT2D eigenvalue weighted by atomic mass is 16.5. The zero-order valence-electron chi connectivity index (χ0n) is 11.3. The van der Waals surface area contributed by atoms with Crippen LogP contribution in [0.1, 0.15) is 51.0 Å². The lowest BCUT2D eigenvalue weighted by atomic mass is 9.86. The first-order valence-corrected chi connectivity index (χ1v) is 7.06. The minimum Gasteiger partial charge on any atom is -0.624 e. The van der Waals surface area contributed by atoms with Gasteiger partial charge in [-0.2, -0.15) is 0 Å². The van der Waals surface area contributed by atoms with Crippen LogP contribution in [-0.2, 0) is 6.54 Å². The summed E-state index contributed by atoms with van der Waals surface area (Å²) in [5.74, 6) is 0.742. The van der Waals surface area contributed by atoms with Gasteiger partial charge in [0.15, 0.2) is 12.3 Å². The number of rotatable bonds is 4. The van der Waals surface area contributed by atoms with Gasteiger partial charge in [-0.25, -0.2) is 4.74 Å². The third-order valence-corrected chi connectivity index (χ3v) is 3.90. The predicted octanol–water partition coefficient (Wildman–Crippen LogP) is 4.13. The van der Waals surface area contributed by atoms with Gasteiger partial charge in [0.2, 0.25) is 0 Å². The highest BCUT2D eigenvalue weighted by molar-refractivity contribution is 5.77. The van der Waals surface area contributed by atoms with Crippen molar-refractivity contribution in [3.05, 3.63) is 41.1 Å². The maximum Gasteiger partial charge on any atom is 0.178 e. The van der Waals surface area contributed by atoms with Crippen molar-refractivity contribution in [3.63, 3.8) is 0 Å². The molecule has 0 aromatic heterocycles. The second kappa shape index (κ2) is 6.58. The molecule has 1 saturated carbocycles. The SMILES string of the molecule is C/C(CC1CCCCC1)=[N+](/[O-])Cc1ccccc1. The molecule has 0 unspecified atom stereocenters. The van der Waals surface area contributed by atoms with E-state index in [2.05, 4.69) is 0 Å². The molecule has 1 fully saturated rings. The van der Waals surface area contributed by atoms with E-state index in [0.717, 1.165) is 23.6 Å². The van der Waals surface area contributed by atoms with Gasteiger partial charge in [-0.15, -0.1) is 0 Å². The Morgan fingerprint density at radius 2 is 1.83 bits per heavy atom. The maximum absolute atomic E-state index is 12.1. The monoisotopic (exact) mass is 245 g/mol. The molecule has 2 heteroatoms. The van der Waals surface area contributed by atoms with Crippen molar-refractivity contribution in [1.29, 1.82) is 0 Å². The summed E-state index contributed by atoms with van der Waals surface area (Å²) >= 11 is 0. The summed E-state index contributed by atoms with van der Waals surface area (Å²) < 4.78 is 1.17. The summed E-state index contributed by atoms with van der Waals surface area (Å²) in [4.78, 5) is 0. The van der Waals surface area contributed by atoms with Crippen LogP contribution < -0.4 is 0 Å². The molecule has 0 N–H and O–H groups in total. The molecule has 2 nitrogen and oxygen atoms in total. The number of hydrogen-bond acceptors (Lipinski definition) is 1. The molecule has 1 aromatic rings. The molecular weight excluding hydrogens is 222 g/mol. The van der Waals surface area contributed by atoms with Crippen LogP contribution in [0.2, 0.25) is 0 Å². The van der Waals surface area contributed by atoms with E-state index in [-0.39, 0.29) is 0 Å². The Kier molecular flexibility index (Phi) is 4.80. The number of nitrogens with zero attached hydrogens (tertiary/aromatic N) is 1. The average Bonchev–Trinajstić information content (AvgIpc) is 2.41. The van der Waals surface area contributed by atoms with Crippen LogP contribution in [0.4, 0.5) is 0 Å². The van der Waals surface area contributed by atoms with Crippen LogP contribution in [-0.4, -0.2) is 10.5 Å². The molecule has 0 bridgehead atoms. The van der Waals surface area contributed by atoms with Crippen LogP contribution in [0, 0.1) is 11.1 Å². The van der Waals surface area contributed by atoms with Gasteiger partial charge in [-0.1, -0.05) is 49.6 Å². The van der Waals surface area contributed by atoms with Crippen molar-refractivity contribution in [2.24, 2.45) is 5.92 Å². The molecule has 0 aliphatic heterocycles. The molecule has 18 heavy (non-hydrogen) atoms. The van der Waals surface area contributed by atoms with Gasteiger partial charge >= 0.3 is 0 Å². The van der Waals surface area contributed by atoms with Gasteiger partial charge in [-0.3, -0.25) is 0 Å². The largest absolute Gasteiger partial charge is 0.624 e. The van der Waals surface area contributed by atoms with Gasteiger partial charge in [-0.05, 0) is 18.8 Å². The van der Waals surface area contributed by atoms with Crippen LogP contribution >= 0.6 is 0 Å². The molecule has 2 rings (SSSR count). The normalized spacial score (nSPS) is 18.5. The summed E-state index contributed by atoms with van der Waals surface area (Å²) in [7, 11) is 0. The molecule has 0 radical (unpaired) electrons. The van der Waals surface area contributed by atoms with E-state index in [9.17, 15) is 5.21 Å². The van der Waals surface area contributed by atoms with Gasteiger partial charge in [0, 0.05) is 18.9 Å². The fourth-order valence-corrected chi connectivity index (χ4v) is 2.80. The fourth-order valence-electron chi connectivity index (χ4n) is 2.80. The molecule has 98 valence electrons. The Morgan fingerprint density at radius 3 is 2.50 bits per heavy atom. The van der Waals surface area contributed by atoms with Crippen molar-refractivity contribution < 1.29 is 4.74 Å². The zero-order chi connectivity index (χ0) is 12.8. The molecule has 1 aromatic carbocycles. The zero-order valence-corrected chi connectivity index (χ0v) is 11.3. The molecule has 0 atom stereocenters. The van der Waals surface area contributed by atoms with Gasteiger partial charge in [0.05, 0.1) is 0 Å². The number of hydroxylamine groups is 1. The fraction of sp³-hybridized carbons (Fsp3) is 0.562. The van der Waals surface area contributed by atoms with Gasteiger partial charge in [0.1, 0.15) is 0 Å². The Morgan fingerprint density at radius 1 is 1.17 bits per heavy atom.